The number of anilines is 1. The van der Waals surface area contributed by atoms with E-state index >= 15 is 0 Å². The van der Waals surface area contributed by atoms with Crippen molar-refractivity contribution in [1.29, 1.82) is 0 Å². The number of halogens is 2. The molecule has 1 unspecified atom stereocenters. The van der Waals surface area contributed by atoms with Crippen molar-refractivity contribution in [1.82, 2.24) is 5.32 Å². The van der Waals surface area contributed by atoms with Crippen molar-refractivity contribution in [2.45, 2.75) is 32.0 Å². The van der Waals surface area contributed by atoms with Crippen LogP contribution in [0.3, 0.4) is 0 Å². The van der Waals surface area contributed by atoms with E-state index < -0.39 is 12.7 Å². The van der Waals surface area contributed by atoms with Crippen LogP contribution in [-0.4, -0.2) is 11.8 Å². The molecule has 0 spiro atoms. The zero-order valence-corrected chi connectivity index (χ0v) is 16.1. The summed E-state index contributed by atoms with van der Waals surface area (Å²) in [5.74, 6) is 0.0517. The number of amides is 2. The molecule has 0 aromatic heterocycles. The predicted molar refractivity (Wildman–Crippen MR) is 105 cm³/mol. The fourth-order valence-corrected chi connectivity index (χ4v) is 4.01. The second-order valence-electron chi connectivity index (χ2n) is 6.71. The molecule has 1 heterocycles. The van der Waals surface area contributed by atoms with Crippen molar-refractivity contribution in [3.8, 4) is 0 Å². The summed E-state index contributed by atoms with van der Waals surface area (Å²) in [4.78, 5) is 27.3. The van der Waals surface area contributed by atoms with Gasteiger partial charge in [0.15, 0.2) is 5.78 Å². The predicted octanol–water partition coefficient (Wildman–Crippen LogP) is 5.20. The Bertz CT molecular complexity index is 939. The molecule has 1 aliphatic carbocycles. The minimum Gasteiger partial charge on any atom is -0.326 e. The van der Waals surface area contributed by atoms with E-state index in [4.69, 9.17) is 0 Å². The standard InChI is InChI=1S/C21H18BrFN2O2/c22-15-9-7-14(8-10-15)20-19-17(5-2-6-18(19)26)25(21(27)24-20)16-4-1-3-13(11-16)12-23/h1,3-4,7-11,20H,2,5-6,12H2,(H,24,27). The third-order valence-electron chi connectivity index (χ3n) is 4.98. The monoisotopic (exact) mass is 428 g/mol. The average molecular weight is 429 g/mol. The van der Waals surface area contributed by atoms with Gasteiger partial charge in [0.25, 0.3) is 0 Å². The molecular formula is C21H18BrFN2O2. The quantitative estimate of drug-likeness (QED) is 0.730. The number of ketones is 1. The van der Waals surface area contributed by atoms with Crippen molar-refractivity contribution in [3.05, 3.63) is 75.4 Å². The molecular weight excluding hydrogens is 411 g/mol. The SMILES string of the molecule is O=C1CCCC2=C1C(c1ccc(Br)cc1)NC(=O)N2c1cccc(CF)c1. The maximum absolute atomic E-state index is 13.1. The maximum Gasteiger partial charge on any atom is 0.327 e. The molecule has 2 aliphatic rings. The first-order valence-electron chi connectivity index (χ1n) is 8.85. The largest absolute Gasteiger partial charge is 0.327 e. The molecule has 2 aromatic carbocycles. The smallest absolute Gasteiger partial charge is 0.326 e. The van der Waals surface area contributed by atoms with Gasteiger partial charge in [-0.1, -0.05) is 40.2 Å². The van der Waals surface area contributed by atoms with E-state index in [0.29, 0.717) is 36.1 Å². The molecule has 0 radical (unpaired) electrons. The molecule has 4 rings (SSSR count). The van der Waals surface area contributed by atoms with Gasteiger partial charge in [-0.25, -0.2) is 9.18 Å². The molecule has 0 saturated heterocycles. The fourth-order valence-electron chi connectivity index (χ4n) is 3.75. The minimum absolute atomic E-state index is 0.0517. The number of benzene rings is 2. The highest BCUT2D eigenvalue weighted by Gasteiger charge is 2.39. The van der Waals surface area contributed by atoms with E-state index in [1.165, 1.54) is 4.90 Å². The van der Waals surface area contributed by atoms with Crippen LogP contribution in [0.2, 0.25) is 0 Å². The second-order valence-corrected chi connectivity index (χ2v) is 7.63. The van der Waals surface area contributed by atoms with Crippen LogP contribution in [0.4, 0.5) is 14.9 Å². The lowest BCUT2D eigenvalue weighted by molar-refractivity contribution is -0.116. The van der Waals surface area contributed by atoms with E-state index in [1.807, 2.05) is 24.3 Å². The number of carbonyl (C=O) groups is 2. The van der Waals surface area contributed by atoms with E-state index in [1.54, 1.807) is 24.3 Å². The van der Waals surface area contributed by atoms with Crippen LogP contribution in [-0.2, 0) is 11.5 Å². The third-order valence-corrected chi connectivity index (χ3v) is 5.51. The molecule has 1 N–H and O–H groups in total. The molecule has 138 valence electrons. The zero-order chi connectivity index (χ0) is 19.0. The van der Waals surface area contributed by atoms with E-state index in [9.17, 15) is 14.0 Å². The zero-order valence-electron chi connectivity index (χ0n) is 14.5. The van der Waals surface area contributed by atoms with Crippen LogP contribution in [0, 0.1) is 0 Å². The molecule has 6 heteroatoms. The van der Waals surface area contributed by atoms with Gasteiger partial charge >= 0.3 is 6.03 Å². The lowest BCUT2D eigenvalue weighted by Crippen LogP contribution is -2.49. The average Bonchev–Trinajstić information content (AvgIpc) is 2.68. The van der Waals surface area contributed by atoms with Crippen LogP contribution in [0.5, 0.6) is 0 Å². The molecule has 1 aliphatic heterocycles. The van der Waals surface area contributed by atoms with Gasteiger partial charge in [-0.3, -0.25) is 9.69 Å². The van der Waals surface area contributed by atoms with Crippen LogP contribution in [0.15, 0.2) is 64.3 Å². The lowest BCUT2D eigenvalue weighted by atomic mass is 9.84. The van der Waals surface area contributed by atoms with Gasteiger partial charge in [0.2, 0.25) is 0 Å². The number of hydrogen-bond donors (Lipinski definition) is 1. The van der Waals surface area contributed by atoms with Gasteiger partial charge in [-0.2, -0.15) is 0 Å². The molecule has 1 atom stereocenters. The molecule has 0 bridgehead atoms. The summed E-state index contributed by atoms with van der Waals surface area (Å²) in [5, 5.41) is 2.97. The summed E-state index contributed by atoms with van der Waals surface area (Å²) in [6, 6.07) is 13.7. The Hall–Kier alpha value is -2.47. The minimum atomic E-state index is -0.602. The van der Waals surface area contributed by atoms with E-state index in [-0.39, 0.29) is 11.8 Å². The first kappa shape index (κ1) is 17.9. The number of allylic oxidation sites excluding steroid dienone is 1. The number of Topliss-reactive ketones (excluding diaryl/α,β-unsaturated/α-hetero) is 1. The molecule has 4 nitrogen and oxygen atoms in total. The summed E-state index contributed by atoms with van der Waals surface area (Å²) in [6.07, 6.45) is 1.82. The van der Waals surface area contributed by atoms with Crippen LogP contribution < -0.4 is 10.2 Å². The molecule has 0 saturated carbocycles. The number of rotatable bonds is 3. The van der Waals surface area contributed by atoms with E-state index in [0.717, 1.165) is 15.7 Å². The van der Waals surface area contributed by atoms with Gasteiger partial charge in [0.1, 0.15) is 6.67 Å². The highest BCUT2D eigenvalue weighted by Crippen LogP contribution is 2.39. The number of nitrogens with zero attached hydrogens (tertiary/aromatic N) is 1. The Morgan fingerprint density at radius 3 is 2.63 bits per heavy atom. The Morgan fingerprint density at radius 1 is 1.11 bits per heavy atom. The lowest BCUT2D eigenvalue weighted by Gasteiger charge is -2.39. The summed E-state index contributed by atoms with van der Waals surface area (Å²) in [5.41, 5.74) is 3.30. The van der Waals surface area contributed by atoms with Crippen LogP contribution in [0.25, 0.3) is 0 Å². The van der Waals surface area contributed by atoms with Crippen molar-refractivity contribution in [3.63, 3.8) is 0 Å². The number of carbonyl (C=O) groups excluding carboxylic acids is 2. The highest BCUT2D eigenvalue weighted by molar-refractivity contribution is 9.10. The molecule has 27 heavy (non-hydrogen) atoms. The molecule has 2 aromatic rings. The number of urea groups is 1. The van der Waals surface area contributed by atoms with Crippen molar-refractivity contribution in [2.75, 3.05) is 4.90 Å². The normalized spacial score (nSPS) is 19.8. The molecule has 2 amide bonds. The van der Waals surface area contributed by atoms with Gasteiger partial charge in [0, 0.05) is 22.2 Å². The summed E-state index contributed by atoms with van der Waals surface area (Å²) in [6.45, 7) is -0.602. The summed E-state index contributed by atoms with van der Waals surface area (Å²) >= 11 is 3.41. The van der Waals surface area contributed by atoms with Gasteiger partial charge in [-0.05, 0) is 48.2 Å². The fraction of sp³-hybridized carbons (Fsp3) is 0.238. The Labute approximate surface area is 165 Å². The topological polar surface area (TPSA) is 49.4 Å². The van der Waals surface area contributed by atoms with Crippen LogP contribution in [0.1, 0.15) is 36.4 Å². The Morgan fingerprint density at radius 2 is 1.89 bits per heavy atom. The third kappa shape index (κ3) is 3.30. The number of alkyl halides is 1. The summed E-state index contributed by atoms with van der Waals surface area (Å²) in [7, 11) is 0. The maximum atomic E-state index is 13.1. The number of hydrogen-bond acceptors (Lipinski definition) is 2. The van der Waals surface area contributed by atoms with Crippen molar-refractivity contribution in [2.24, 2.45) is 0 Å². The van der Waals surface area contributed by atoms with Gasteiger partial charge in [-0.15, -0.1) is 0 Å². The van der Waals surface area contributed by atoms with Crippen molar-refractivity contribution >= 4 is 33.4 Å². The first-order chi connectivity index (χ1) is 13.1. The first-order valence-corrected chi connectivity index (χ1v) is 9.65. The van der Waals surface area contributed by atoms with Gasteiger partial charge < -0.3 is 5.32 Å². The molecule has 0 fully saturated rings. The van der Waals surface area contributed by atoms with E-state index in [2.05, 4.69) is 21.2 Å². The number of nitrogens with one attached hydrogen (secondary N) is 1. The van der Waals surface area contributed by atoms with Gasteiger partial charge in [0.05, 0.1) is 11.7 Å². The summed E-state index contributed by atoms with van der Waals surface area (Å²) < 4.78 is 14.0. The Kier molecular flexibility index (Phi) is 4.83. The van der Waals surface area contributed by atoms with Crippen LogP contribution >= 0.6 is 15.9 Å². The van der Waals surface area contributed by atoms with Crippen molar-refractivity contribution < 1.29 is 14.0 Å². The second kappa shape index (κ2) is 7.27. The highest BCUT2D eigenvalue weighted by atomic mass is 79.9. The Balaban J connectivity index is 1.84.